The van der Waals surface area contributed by atoms with Crippen molar-refractivity contribution in [2.45, 2.75) is 6.42 Å². The van der Waals surface area contributed by atoms with Crippen molar-refractivity contribution in [3.8, 4) is 0 Å². The van der Waals surface area contributed by atoms with Crippen LogP contribution < -0.4 is 0 Å². The molecule has 2 rings (SSSR count). The normalized spacial score (nSPS) is 22.2. The fraction of sp³-hybridized carbons (Fsp3) is 0.250. The van der Waals surface area contributed by atoms with E-state index in [1.807, 2.05) is 12.3 Å². The summed E-state index contributed by atoms with van der Waals surface area (Å²) in [4.78, 5) is 14.9. The molecule has 2 aliphatic rings. The molecular formula is C8H7NO. The van der Waals surface area contributed by atoms with Crippen molar-refractivity contribution in [2.75, 3.05) is 6.54 Å². The molecule has 0 fully saturated rings. The van der Waals surface area contributed by atoms with Gasteiger partial charge in [-0.15, -0.1) is 0 Å². The highest BCUT2D eigenvalue weighted by molar-refractivity contribution is 5.99. The van der Waals surface area contributed by atoms with Gasteiger partial charge in [0.1, 0.15) is 0 Å². The van der Waals surface area contributed by atoms with Crippen molar-refractivity contribution in [3.63, 3.8) is 0 Å². The summed E-state index contributed by atoms with van der Waals surface area (Å²) in [5.41, 5.74) is 2.31. The molecule has 2 nitrogen and oxygen atoms in total. The maximum atomic E-state index is 10.8. The van der Waals surface area contributed by atoms with Gasteiger partial charge in [0.2, 0.25) is 0 Å². The van der Waals surface area contributed by atoms with Crippen molar-refractivity contribution in [3.05, 3.63) is 23.3 Å². The third-order valence-corrected chi connectivity index (χ3v) is 1.76. The Balaban J connectivity index is 2.36. The van der Waals surface area contributed by atoms with Gasteiger partial charge < -0.3 is 0 Å². The molecule has 0 unspecified atom stereocenters. The SMILES string of the molecule is O=C1C=CC2=C(CN=C2)C1. The molecule has 0 radical (unpaired) electrons. The number of carbonyl (C=O) groups is 1. The number of hydrogen-bond acceptors (Lipinski definition) is 2. The van der Waals surface area contributed by atoms with Gasteiger partial charge in [-0.2, -0.15) is 0 Å². The molecular weight excluding hydrogens is 126 g/mol. The highest BCUT2D eigenvalue weighted by Gasteiger charge is 2.14. The van der Waals surface area contributed by atoms with Gasteiger partial charge in [-0.3, -0.25) is 9.79 Å². The molecule has 0 amide bonds. The number of carbonyl (C=O) groups excluding carboxylic acids is 1. The van der Waals surface area contributed by atoms with Crippen LogP contribution in [-0.2, 0) is 4.79 Å². The standard InChI is InChI=1S/C8H7NO/c10-8-2-1-6-4-9-5-7(6)3-8/h1-2,4H,3,5H2. The van der Waals surface area contributed by atoms with E-state index in [2.05, 4.69) is 4.99 Å². The molecule has 0 aromatic carbocycles. The van der Waals surface area contributed by atoms with Gasteiger partial charge in [0, 0.05) is 12.6 Å². The molecule has 0 atom stereocenters. The summed E-state index contributed by atoms with van der Waals surface area (Å²) in [6, 6.07) is 0. The Morgan fingerprint density at radius 1 is 1.40 bits per heavy atom. The van der Waals surface area contributed by atoms with Crippen molar-refractivity contribution in [1.29, 1.82) is 0 Å². The molecule has 0 bridgehead atoms. The molecule has 50 valence electrons. The van der Waals surface area contributed by atoms with Crippen LogP contribution in [0.15, 0.2) is 28.3 Å². The Bertz CT molecular complexity index is 271. The van der Waals surface area contributed by atoms with E-state index in [0.717, 1.165) is 12.1 Å². The predicted molar refractivity (Wildman–Crippen MR) is 39.1 cm³/mol. The molecule has 0 spiro atoms. The first-order valence-corrected chi connectivity index (χ1v) is 3.29. The van der Waals surface area contributed by atoms with Crippen LogP contribution in [0.3, 0.4) is 0 Å². The third-order valence-electron chi connectivity index (χ3n) is 1.76. The summed E-state index contributed by atoms with van der Waals surface area (Å²) >= 11 is 0. The first kappa shape index (κ1) is 5.59. The van der Waals surface area contributed by atoms with E-state index >= 15 is 0 Å². The molecule has 0 saturated heterocycles. The molecule has 0 saturated carbocycles. The summed E-state index contributed by atoms with van der Waals surface area (Å²) in [5, 5.41) is 0. The predicted octanol–water partition coefficient (Wildman–Crippen LogP) is 0.896. The minimum Gasteiger partial charge on any atom is -0.294 e. The first-order valence-electron chi connectivity index (χ1n) is 3.29. The van der Waals surface area contributed by atoms with Crippen LogP contribution >= 0.6 is 0 Å². The van der Waals surface area contributed by atoms with Crippen LogP contribution in [0.2, 0.25) is 0 Å². The Labute approximate surface area is 59.0 Å². The number of ketones is 1. The molecule has 0 aromatic rings. The average Bonchev–Trinajstić information content (AvgIpc) is 2.33. The number of allylic oxidation sites excluding steroid dienone is 3. The highest BCUT2D eigenvalue weighted by atomic mass is 16.1. The Morgan fingerprint density at radius 3 is 3.20 bits per heavy atom. The summed E-state index contributed by atoms with van der Waals surface area (Å²) in [6.45, 7) is 0.728. The average molecular weight is 133 g/mol. The number of aliphatic imine (C=N–C) groups is 1. The zero-order valence-electron chi connectivity index (χ0n) is 5.50. The second-order valence-electron chi connectivity index (χ2n) is 2.51. The van der Waals surface area contributed by atoms with Gasteiger partial charge in [-0.1, -0.05) is 0 Å². The maximum absolute atomic E-state index is 10.8. The number of nitrogens with zero attached hydrogens (tertiary/aromatic N) is 1. The molecule has 10 heavy (non-hydrogen) atoms. The topological polar surface area (TPSA) is 29.4 Å². The van der Waals surface area contributed by atoms with E-state index in [-0.39, 0.29) is 5.78 Å². The number of hydrogen-bond donors (Lipinski definition) is 0. The quantitative estimate of drug-likeness (QED) is 0.482. The zero-order valence-corrected chi connectivity index (χ0v) is 5.50. The monoisotopic (exact) mass is 133 g/mol. The molecule has 1 heterocycles. The van der Waals surface area contributed by atoms with Crippen LogP contribution in [0.4, 0.5) is 0 Å². The smallest absolute Gasteiger partial charge is 0.159 e. The van der Waals surface area contributed by atoms with Crippen LogP contribution in [0.25, 0.3) is 0 Å². The highest BCUT2D eigenvalue weighted by Crippen LogP contribution is 2.19. The van der Waals surface area contributed by atoms with Gasteiger partial charge in [-0.05, 0) is 23.3 Å². The van der Waals surface area contributed by atoms with Crippen molar-refractivity contribution in [1.82, 2.24) is 0 Å². The fourth-order valence-corrected chi connectivity index (χ4v) is 1.21. The fourth-order valence-electron chi connectivity index (χ4n) is 1.21. The Hall–Kier alpha value is -1.18. The van der Waals surface area contributed by atoms with Gasteiger partial charge in [0.25, 0.3) is 0 Å². The minimum atomic E-state index is 0.198. The van der Waals surface area contributed by atoms with E-state index in [0.29, 0.717) is 6.42 Å². The van der Waals surface area contributed by atoms with Crippen molar-refractivity contribution >= 4 is 12.0 Å². The summed E-state index contributed by atoms with van der Waals surface area (Å²) in [6.07, 6.45) is 5.87. The van der Waals surface area contributed by atoms with Gasteiger partial charge in [-0.25, -0.2) is 0 Å². The van der Waals surface area contributed by atoms with E-state index in [4.69, 9.17) is 0 Å². The first-order chi connectivity index (χ1) is 4.86. The Morgan fingerprint density at radius 2 is 2.30 bits per heavy atom. The summed E-state index contributed by atoms with van der Waals surface area (Å²) in [7, 11) is 0. The maximum Gasteiger partial charge on any atom is 0.159 e. The van der Waals surface area contributed by atoms with E-state index in [1.165, 1.54) is 5.57 Å². The second kappa shape index (κ2) is 1.90. The largest absolute Gasteiger partial charge is 0.294 e. The molecule has 1 aliphatic heterocycles. The lowest BCUT2D eigenvalue weighted by Gasteiger charge is -2.03. The lowest BCUT2D eigenvalue weighted by Crippen LogP contribution is -2.02. The van der Waals surface area contributed by atoms with Gasteiger partial charge in [0.15, 0.2) is 5.78 Å². The summed E-state index contributed by atoms with van der Waals surface area (Å²) in [5.74, 6) is 0.198. The minimum absolute atomic E-state index is 0.198. The lowest BCUT2D eigenvalue weighted by molar-refractivity contribution is -0.114. The van der Waals surface area contributed by atoms with Crippen molar-refractivity contribution < 1.29 is 4.79 Å². The van der Waals surface area contributed by atoms with Crippen LogP contribution in [0, 0.1) is 0 Å². The zero-order chi connectivity index (χ0) is 6.97. The van der Waals surface area contributed by atoms with Crippen LogP contribution in [-0.4, -0.2) is 18.5 Å². The summed E-state index contributed by atoms with van der Waals surface area (Å²) < 4.78 is 0. The second-order valence-corrected chi connectivity index (χ2v) is 2.51. The van der Waals surface area contributed by atoms with Gasteiger partial charge >= 0.3 is 0 Å². The third kappa shape index (κ3) is 0.727. The molecule has 0 N–H and O–H groups in total. The Kier molecular flexibility index (Phi) is 1.07. The molecule has 1 aliphatic carbocycles. The van der Waals surface area contributed by atoms with Gasteiger partial charge in [0.05, 0.1) is 6.54 Å². The molecule has 2 heteroatoms. The van der Waals surface area contributed by atoms with Crippen molar-refractivity contribution in [2.24, 2.45) is 4.99 Å². The van der Waals surface area contributed by atoms with Crippen LogP contribution in [0.5, 0.6) is 0 Å². The van der Waals surface area contributed by atoms with E-state index in [9.17, 15) is 4.79 Å². The van der Waals surface area contributed by atoms with Crippen LogP contribution in [0.1, 0.15) is 6.42 Å². The van der Waals surface area contributed by atoms with E-state index < -0.39 is 0 Å². The molecule has 0 aromatic heterocycles. The lowest BCUT2D eigenvalue weighted by atomic mass is 9.99. The number of rotatable bonds is 0. The van der Waals surface area contributed by atoms with E-state index in [1.54, 1.807) is 6.08 Å².